The minimum absolute atomic E-state index is 0.0472. The van der Waals surface area contributed by atoms with Crippen molar-refractivity contribution in [1.82, 2.24) is 10.3 Å². The molecule has 1 amide bonds. The first kappa shape index (κ1) is 13.9. The van der Waals surface area contributed by atoms with Crippen LogP contribution in [0, 0.1) is 0 Å². The molecule has 1 atom stereocenters. The number of rotatable bonds is 4. The van der Waals surface area contributed by atoms with Gasteiger partial charge in [-0.05, 0) is 36.8 Å². The number of aromatic nitrogens is 1. The van der Waals surface area contributed by atoms with Gasteiger partial charge in [0.05, 0.1) is 17.4 Å². The van der Waals surface area contributed by atoms with Crippen molar-refractivity contribution in [1.29, 1.82) is 0 Å². The van der Waals surface area contributed by atoms with Crippen molar-refractivity contribution in [3.8, 4) is 0 Å². The quantitative estimate of drug-likeness (QED) is 0.744. The first-order valence-electron chi connectivity index (χ1n) is 6.40. The van der Waals surface area contributed by atoms with Crippen LogP contribution in [0.2, 0.25) is 0 Å². The maximum atomic E-state index is 11.6. The summed E-state index contributed by atoms with van der Waals surface area (Å²) in [6.07, 6.45) is 3.53. The Morgan fingerprint density at radius 2 is 2.15 bits per heavy atom. The van der Waals surface area contributed by atoms with E-state index in [0.717, 1.165) is 11.3 Å². The molecule has 20 heavy (non-hydrogen) atoms. The molecule has 1 unspecified atom stereocenters. The Bertz CT molecular complexity index is 598. The van der Waals surface area contributed by atoms with Crippen molar-refractivity contribution in [3.63, 3.8) is 0 Å². The summed E-state index contributed by atoms with van der Waals surface area (Å²) < 4.78 is 0. The van der Waals surface area contributed by atoms with E-state index in [9.17, 15) is 4.79 Å². The molecule has 5 nitrogen and oxygen atoms in total. The van der Waals surface area contributed by atoms with E-state index in [4.69, 9.17) is 5.73 Å². The summed E-state index contributed by atoms with van der Waals surface area (Å²) in [4.78, 5) is 15.7. The molecule has 0 fully saturated rings. The molecule has 1 aromatic heterocycles. The van der Waals surface area contributed by atoms with E-state index in [2.05, 4.69) is 15.6 Å². The Labute approximate surface area is 118 Å². The fourth-order valence-electron chi connectivity index (χ4n) is 1.92. The van der Waals surface area contributed by atoms with Crippen LogP contribution in [0.15, 0.2) is 42.7 Å². The number of carbonyl (C=O) groups excluding carboxylic acids is 1. The molecule has 2 aromatic rings. The Morgan fingerprint density at radius 1 is 1.35 bits per heavy atom. The number of nitrogens with zero attached hydrogens (tertiary/aromatic N) is 1. The number of carbonyl (C=O) groups is 1. The first-order valence-corrected chi connectivity index (χ1v) is 6.40. The van der Waals surface area contributed by atoms with Crippen LogP contribution in [0.25, 0.3) is 0 Å². The molecule has 5 heteroatoms. The largest absolute Gasteiger partial charge is 0.397 e. The maximum Gasteiger partial charge on any atom is 0.251 e. The van der Waals surface area contributed by atoms with Gasteiger partial charge in [0.2, 0.25) is 0 Å². The molecule has 0 radical (unpaired) electrons. The van der Waals surface area contributed by atoms with Gasteiger partial charge in [0.25, 0.3) is 5.91 Å². The van der Waals surface area contributed by atoms with Crippen LogP contribution in [-0.2, 0) is 0 Å². The van der Waals surface area contributed by atoms with Crippen LogP contribution in [0.3, 0.4) is 0 Å². The molecule has 2 rings (SSSR count). The predicted octanol–water partition coefficient (Wildman–Crippen LogP) is 2.20. The van der Waals surface area contributed by atoms with E-state index in [1.54, 1.807) is 37.6 Å². The van der Waals surface area contributed by atoms with Crippen molar-refractivity contribution >= 4 is 17.3 Å². The average Bonchev–Trinajstić information content (AvgIpc) is 2.49. The molecule has 0 aliphatic heterocycles. The van der Waals surface area contributed by atoms with Crippen LogP contribution in [-0.4, -0.2) is 17.9 Å². The zero-order chi connectivity index (χ0) is 14.5. The predicted molar refractivity (Wildman–Crippen MR) is 80.5 cm³/mol. The monoisotopic (exact) mass is 270 g/mol. The lowest BCUT2D eigenvalue weighted by molar-refractivity contribution is 0.0963. The number of hydrogen-bond donors (Lipinski definition) is 3. The van der Waals surface area contributed by atoms with Crippen molar-refractivity contribution in [3.05, 3.63) is 53.9 Å². The third-order valence-corrected chi connectivity index (χ3v) is 3.10. The zero-order valence-electron chi connectivity index (χ0n) is 11.6. The van der Waals surface area contributed by atoms with Crippen LogP contribution in [0.5, 0.6) is 0 Å². The summed E-state index contributed by atoms with van der Waals surface area (Å²) in [6, 6.07) is 9.10. The Morgan fingerprint density at radius 3 is 2.80 bits per heavy atom. The third kappa shape index (κ3) is 3.06. The second-order valence-electron chi connectivity index (χ2n) is 4.53. The van der Waals surface area contributed by atoms with E-state index < -0.39 is 0 Å². The minimum Gasteiger partial charge on any atom is -0.397 e. The molecule has 1 aromatic carbocycles. The fraction of sp³-hybridized carbons (Fsp3) is 0.200. The number of pyridine rings is 1. The van der Waals surface area contributed by atoms with Crippen molar-refractivity contribution < 1.29 is 4.79 Å². The van der Waals surface area contributed by atoms with E-state index in [1.807, 2.05) is 19.1 Å². The average molecular weight is 270 g/mol. The van der Waals surface area contributed by atoms with E-state index in [-0.39, 0.29) is 11.9 Å². The van der Waals surface area contributed by atoms with Gasteiger partial charge in [-0.3, -0.25) is 9.78 Å². The number of anilines is 2. The molecular formula is C15H18N4O. The highest BCUT2D eigenvalue weighted by Crippen LogP contribution is 2.25. The lowest BCUT2D eigenvalue weighted by Crippen LogP contribution is -2.18. The zero-order valence-corrected chi connectivity index (χ0v) is 11.6. The molecule has 4 N–H and O–H groups in total. The Kier molecular flexibility index (Phi) is 4.20. The van der Waals surface area contributed by atoms with Crippen LogP contribution in [0.4, 0.5) is 11.4 Å². The molecular weight excluding hydrogens is 252 g/mol. The molecule has 0 saturated carbocycles. The standard InChI is InChI=1S/C15H18N4O/c1-10(12-4-3-7-18-9-12)19-14-8-11(15(20)17-2)5-6-13(14)16/h3-10,19H,16H2,1-2H3,(H,17,20). The second kappa shape index (κ2) is 6.06. The number of nitrogens with two attached hydrogens (primary N) is 1. The van der Waals surface area contributed by atoms with Crippen molar-refractivity contribution in [2.24, 2.45) is 0 Å². The summed E-state index contributed by atoms with van der Waals surface area (Å²) in [7, 11) is 1.60. The third-order valence-electron chi connectivity index (χ3n) is 3.10. The van der Waals surface area contributed by atoms with Gasteiger partial charge in [-0.15, -0.1) is 0 Å². The Balaban J connectivity index is 2.22. The maximum absolute atomic E-state index is 11.6. The molecule has 0 aliphatic carbocycles. The van der Waals surface area contributed by atoms with Gasteiger partial charge in [-0.2, -0.15) is 0 Å². The number of hydrogen-bond acceptors (Lipinski definition) is 4. The fourth-order valence-corrected chi connectivity index (χ4v) is 1.92. The topological polar surface area (TPSA) is 80.0 Å². The number of nitrogen functional groups attached to an aromatic ring is 1. The summed E-state index contributed by atoms with van der Waals surface area (Å²) in [5, 5.41) is 5.90. The normalized spacial score (nSPS) is 11.7. The van der Waals surface area contributed by atoms with E-state index in [0.29, 0.717) is 11.3 Å². The lowest BCUT2D eigenvalue weighted by Gasteiger charge is -2.17. The van der Waals surface area contributed by atoms with Gasteiger partial charge < -0.3 is 16.4 Å². The molecule has 0 spiro atoms. The van der Waals surface area contributed by atoms with E-state index >= 15 is 0 Å². The smallest absolute Gasteiger partial charge is 0.251 e. The highest BCUT2D eigenvalue weighted by atomic mass is 16.1. The first-order chi connectivity index (χ1) is 9.61. The minimum atomic E-state index is -0.137. The van der Waals surface area contributed by atoms with Crippen LogP contribution >= 0.6 is 0 Å². The number of benzene rings is 1. The number of nitrogens with one attached hydrogen (secondary N) is 2. The Hall–Kier alpha value is -2.56. The second-order valence-corrected chi connectivity index (χ2v) is 4.53. The van der Waals surface area contributed by atoms with Gasteiger partial charge >= 0.3 is 0 Å². The summed E-state index contributed by atoms with van der Waals surface area (Å²) in [5.74, 6) is -0.137. The summed E-state index contributed by atoms with van der Waals surface area (Å²) >= 11 is 0. The lowest BCUT2D eigenvalue weighted by atomic mass is 10.1. The van der Waals surface area contributed by atoms with Gasteiger partial charge in [0.1, 0.15) is 0 Å². The van der Waals surface area contributed by atoms with Crippen molar-refractivity contribution in [2.45, 2.75) is 13.0 Å². The van der Waals surface area contributed by atoms with Crippen LogP contribution < -0.4 is 16.4 Å². The highest BCUT2D eigenvalue weighted by Gasteiger charge is 2.10. The molecule has 0 saturated heterocycles. The summed E-state index contributed by atoms with van der Waals surface area (Å²) in [5.41, 5.74) is 8.92. The molecule has 1 heterocycles. The number of amides is 1. The molecule has 104 valence electrons. The molecule has 0 bridgehead atoms. The van der Waals surface area contributed by atoms with Gasteiger partial charge in [-0.25, -0.2) is 0 Å². The van der Waals surface area contributed by atoms with Crippen LogP contribution in [0.1, 0.15) is 28.9 Å². The van der Waals surface area contributed by atoms with Gasteiger partial charge in [-0.1, -0.05) is 6.07 Å². The van der Waals surface area contributed by atoms with Gasteiger partial charge in [0, 0.05) is 25.0 Å². The highest BCUT2D eigenvalue weighted by molar-refractivity contribution is 5.96. The SMILES string of the molecule is CNC(=O)c1ccc(N)c(NC(C)c2cccnc2)c1. The van der Waals surface area contributed by atoms with Crippen molar-refractivity contribution in [2.75, 3.05) is 18.1 Å². The summed E-state index contributed by atoms with van der Waals surface area (Å²) in [6.45, 7) is 2.02. The van der Waals surface area contributed by atoms with Gasteiger partial charge in [0.15, 0.2) is 0 Å². The van der Waals surface area contributed by atoms with E-state index in [1.165, 1.54) is 0 Å². The molecule has 0 aliphatic rings.